The number of nitrogens with zero attached hydrogens (tertiary/aromatic N) is 2. The highest BCUT2D eigenvalue weighted by Crippen LogP contribution is 2.31. The topological polar surface area (TPSA) is 176 Å². The summed E-state index contributed by atoms with van der Waals surface area (Å²) in [6.07, 6.45) is 11.5. The van der Waals surface area contributed by atoms with Gasteiger partial charge in [0, 0.05) is 38.7 Å². The van der Waals surface area contributed by atoms with Gasteiger partial charge in [0.1, 0.15) is 19.3 Å². The van der Waals surface area contributed by atoms with Crippen molar-refractivity contribution < 1.29 is 46.7 Å². The zero-order valence-corrected chi connectivity index (χ0v) is 38.3. The van der Waals surface area contributed by atoms with E-state index in [-0.39, 0.29) is 25.4 Å². The number of hydrogen-bond acceptors (Lipinski definition) is 13. The van der Waals surface area contributed by atoms with Gasteiger partial charge in [-0.2, -0.15) is 21.7 Å². The molecule has 1 heterocycles. The molecule has 1 saturated heterocycles. The molecule has 0 spiro atoms. The Bertz CT molecular complexity index is 2240. The fraction of sp³-hybridized carbons (Fsp3) is 0.375. The number of benzene rings is 4. The molecule has 0 aliphatic carbocycles. The van der Waals surface area contributed by atoms with Crippen LogP contribution in [0.5, 0.6) is 0 Å². The molecule has 4 aromatic rings. The first-order valence-corrected chi connectivity index (χ1v) is 24.2. The Balaban J connectivity index is 1.04. The van der Waals surface area contributed by atoms with E-state index in [0.717, 1.165) is 71.9 Å². The van der Waals surface area contributed by atoms with Gasteiger partial charge in [0.05, 0.1) is 17.5 Å². The van der Waals surface area contributed by atoms with E-state index in [1.807, 2.05) is 90.6 Å². The fourth-order valence-corrected chi connectivity index (χ4v) is 10.2. The Labute approximate surface area is 380 Å². The molecule has 0 saturated carbocycles. The third-order valence-corrected chi connectivity index (χ3v) is 14.5. The molecule has 4 aromatic carbocycles. The highest BCUT2D eigenvalue weighted by Gasteiger charge is 2.40. The maximum atomic E-state index is 12.7. The summed E-state index contributed by atoms with van der Waals surface area (Å²) in [5.41, 5.74) is 6.22. The number of amides is 2. The molecule has 0 radical (unpaired) electrons. The van der Waals surface area contributed by atoms with Gasteiger partial charge in [-0.3, -0.25) is 10.6 Å². The first-order chi connectivity index (χ1) is 31.2. The average Bonchev–Trinajstić information content (AvgIpc) is 4.06. The third-order valence-electron chi connectivity index (χ3n) is 10.6. The molecule has 14 nitrogen and oxygen atoms in total. The summed E-state index contributed by atoms with van der Waals surface area (Å²) in [5, 5.41) is 5.61. The molecule has 3 atom stereocenters. The molecular weight excluding hydrogens is 853 g/mol. The second-order valence-electron chi connectivity index (χ2n) is 15.1. The van der Waals surface area contributed by atoms with E-state index in [1.54, 1.807) is 57.8 Å². The molecule has 5 rings (SSSR count). The highest BCUT2D eigenvalue weighted by atomic mass is 32.2. The lowest BCUT2D eigenvalue weighted by Crippen LogP contribution is -2.42. The quantitative estimate of drug-likeness (QED) is 0.0145. The summed E-state index contributed by atoms with van der Waals surface area (Å²) in [6, 6.07) is 30.5. The van der Waals surface area contributed by atoms with E-state index >= 15 is 0 Å². The van der Waals surface area contributed by atoms with Crippen molar-refractivity contribution in [2.75, 3.05) is 56.7 Å². The summed E-state index contributed by atoms with van der Waals surface area (Å²) in [7, 11) is 2.30. The van der Waals surface area contributed by atoms with Crippen LogP contribution in [0.4, 0.5) is 32.3 Å². The second kappa shape index (κ2) is 26.8. The van der Waals surface area contributed by atoms with Crippen molar-refractivity contribution in [1.82, 2.24) is 0 Å². The number of epoxide rings is 1. The highest BCUT2D eigenvalue weighted by molar-refractivity contribution is 7.99. The lowest BCUT2D eigenvalue weighted by molar-refractivity contribution is 0.123. The SMILES string of the molecule is CO[Si](CCCSCCC(C/C=C/COC(=O)Nc1cccc(Cc2cccc(N=C=O)c2)c1)CCC1OC1COC(=O)Nc1cccc(Cc2cccc(N=C=O)c2)c1)(OC)OC. The number of allylic oxidation sites excluding steroid dienone is 1. The molecule has 1 fully saturated rings. The number of ether oxygens (including phenoxy) is 3. The Kier molecular flexibility index (Phi) is 20.7. The van der Waals surface area contributed by atoms with Crippen molar-refractivity contribution in [3.63, 3.8) is 0 Å². The molecule has 0 aromatic heterocycles. The minimum absolute atomic E-state index is 0.0112. The Morgan fingerprint density at radius 3 is 1.83 bits per heavy atom. The van der Waals surface area contributed by atoms with Crippen LogP contribution in [-0.4, -0.2) is 91.4 Å². The van der Waals surface area contributed by atoms with E-state index in [9.17, 15) is 19.2 Å². The molecule has 16 heteroatoms. The number of carbonyl (C=O) groups is 2. The number of isocyanates is 2. The van der Waals surface area contributed by atoms with Gasteiger partial charge in [-0.25, -0.2) is 19.2 Å². The van der Waals surface area contributed by atoms with Crippen LogP contribution >= 0.6 is 11.8 Å². The average molecular weight is 909 g/mol. The number of anilines is 2. The summed E-state index contributed by atoms with van der Waals surface area (Å²) < 4.78 is 33.6. The van der Waals surface area contributed by atoms with Gasteiger partial charge in [-0.1, -0.05) is 60.7 Å². The molecule has 338 valence electrons. The van der Waals surface area contributed by atoms with Gasteiger partial charge < -0.3 is 27.5 Å². The summed E-state index contributed by atoms with van der Waals surface area (Å²) in [5.74, 6) is 2.32. The number of nitrogens with one attached hydrogen (secondary N) is 2. The Morgan fingerprint density at radius 2 is 1.27 bits per heavy atom. The van der Waals surface area contributed by atoms with Crippen LogP contribution in [0.15, 0.2) is 119 Å². The lowest BCUT2D eigenvalue weighted by Gasteiger charge is -2.24. The summed E-state index contributed by atoms with van der Waals surface area (Å²) in [6.45, 7) is 0.288. The zero-order valence-electron chi connectivity index (χ0n) is 36.5. The van der Waals surface area contributed by atoms with Gasteiger partial charge in [0.2, 0.25) is 12.2 Å². The number of carbonyl (C=O) groups excluding carboxylic acids is 4. The third kappa shape index (κ3) is 17.5. The number of hydrogen-bond donors (Lipinski definition) is 2. The molecular formula is C48H56N4O10SSi. The minimum atomic E-state index is -2.59. The van der Waals surface area contributed by atoms with E-state index in [2.05, 4.69) is 26.7 Å². The van der Waals surface area contributed by atoms with Crippen LogP contribution in [0.25, 0.3) is 0 Å². The second-order valence-corrected chi connectivity index (χ2v) is 19.4. The van der Waals surface area contributed by atoms with Gasteiger partial charge in [0.25, 0.3) is 0 Å². The van der Waals surface area contributed by atoms with Gasteiger partial charge in [-0.15, -0.1) is 0 Å². The van der Waals surface area contributed by atoms with Crippen LogP contribution in [0.3, 0.4) is 0 Å². The minimum Gasteiger partial charge on any atom is -0.446 e. The molecule has 2 N–H and O–H groups in total. The zero-order chi connectivity index (χ0) is 45.4. The van der Waals surface area contributed by atoms with Crippen molar-refractivity contribution in [2.45, 2.75) is 63.2 Å². The van der Waals surface area contributed by atoms with Crippen LogP contribution in [0.2, 0.25) is 6.04 Å². The van der Waals surface area contributed by atoms with Crippen LogP contribution in [-0.2, 0) is 49.9 Å². The first-order valence-electron chi connectivity index (χ1n) is 21.2. The van der Waals surface area contributed by atoms with Crippen molar-refractivity contribution in [1.29, 1.82) is 0 Å². The fourth-order valence-electron chi connectivity index (χ4n) is 7.17. The smallest absolute Gasteiger partial charge is 0.446 e. The lowest BCUT2D eigenvalue weighted by atomic mass is 9.95. The van der Waals surface area contributed by atoms with Crippen molar-refractivity contribution in [3.8, 4) is 0 Å². The normalized spacial score (nSPS) is 14.8. The molecule has 2 amide bonds. The Hall–Kier alpha value is -5.67. The maximum Gasteiger partial charge on any atom is 0.500 e. The van der Waals surface area contributed by atoms with E-state index in [4.69, 9.17) is 27.5 Å². The number of aliphatic imine (C=N–C) groups is 2. The van der Waals surface area contributed by atoms with E-state index in [0.29, 0.717) is 41.5 Å². The maximum absolute atomic E-state index is 12.7. The van der Waals surface area contributed by atoms with Crippen LogP contribution in [0.1, 0.15) is 54.4 Å². The van der Waals surface area contributed by atoms with Crippen molar-refractivity contribution in [2.24, 2.45) is 15.9 Å². The monoisotopic (exact) mass is 908 g/mol. The van der Waals surface area contributed by atoms with Gasteiger partial charge in [-0.05, 0) is 133 Å². The van der Waals surface area contributed by atoms with Crippen LogP contribution in [0, 0.1) is 5.92 Å². The van der Waals surface area contributed by atoms with Gasteiger partial charge >= 0.3 is 21.0 Å². The van der Waals surface area contributed by atoms with E-state index in [1.165, 1.54) is 0 Å². The summed E-state index contributed by atoms with van der Waals surface area (Å²) in [4.78, 5) is 54.0. The van der Waals surface area contributed by atoms with Crippen molar-refractivity contribution in [3.05, 3.63) is 131 Å². The first kappa shape index (κ1) is 49.3. The standard InChI is InChI=1S/C48H56N4O10SSi/c1-57-64(58-2,59-3)26-10-24-63-25-22-36(11-4-5-23-60-47(55)51-43-18-8-14-39(31-43)27-37-12-6-16-41(29-37)49-34-53)20-21-45-46(62-45)33-61-48(56)52-44-19-9-15-40(32-44)28-38-13-7-17-42(30-38)50-35-54/h4-9,12-19,29-32,36,45-46H,10-11,20-28,33H2,1-3H3,(H,51,55)(H,52,56)/b5-4+. The molecule has 1 aliphatic heterocycles. The number of rotatable bonds is 27. The summed E-state index contributed by atoms with van der Waals surface area (Å²) >= 11 is 1.90. The molecule has 3 unspecified atom stereocenters. The predicted molar refractivity (Wildman–Crippen MR) is 250 cm³/mol. The van der Waals surface area contributed by atoms with Crippen LogP contribution < -0.4 is 10.6 Å². The van der Waals surface area contributed by atoms with Crippen molar-refractivity contribution >= 4 is 67.7 Å². The molecule has 0 bridgehead atoms. The Morgan fingerprint density at radius 1 is 0.719 bits per heavy atom. The van der Waals surface area contributed by atoms with E-state index < -0.39 is 21.0 Å². The molecule has 1 aliphatic rings. The van der Waals surface area contributed by atoms with Gasteiger partial charge in [0.15, 0.2) is 0 Å². The molecule has 64 heavy (non-hydrogen) atoms. The number of thioether (sulfide) groups is 1. The largest absolute Gasteiger partial charge is 0.500 e. The predicted octanol–water partition coefficient (Wildman–Crippen LogP) is 10.1.